The van der Waals surface area contributed by atoms with Gasteiger partial charge in [0.25, 0.3) is 0 Å². The maximum atomic E-state index is 12.4. The number of cyclic esters (lactones) is 1. The molecule has 3 aromatic heterocycles. The normalized spacial score (nSPS) is 24.5. The van der Waals surface area contributed by atoms with Gasteiger partial charge >= 0.3 is 5.97 Å². The number of anilines is 2. The first-order valence-corrected chi connectivity index (χ1v) is 15.3. The second kappa shape index (κ2) is 9.35. The summed E-state index contributed by atoms with van der Waals surface area (Å²) in [5.74, 6) is 1.13. The number of pyridine rings is 3. The average Bonchev–Trinajstić information content (AvgIpc) is 3.66. The fourth-order valence-corrected chi connectivity index (χ4v) is 6.87. The van der Waals surface area contributed by atoms with Gasteiger partial charge in [-0.05, 0) is 50.3 Å². The van der Waals surface area contributed by atoms with Crippen molar-refractivity contribution in [3.63, 3.8) is 0 Å². The molecule has 12 heteroatoms. The number of nitrogens with one attached hydrogen (secondary N) is 1. The molecule has 0 bridgehead atoms. The predicted octanol–water partition coefficient (Wildman–Crippen LogP) is 3.13. The standard InChI is InChI=1S/C28H33N5O6S/c1-15-28(7-8-28)24-18(26(34)38-15)5-6-22(33-24)32-23-11-19-20(12-30-23)25(31-13-21(19)27(2,29)14-37-3)39-16-9-17(10-16)40(4,35)36/h5-6,11-13,15-17H,7-10,14,29H2,1-4H3,(H,30,32,33)/t15-,16-,17+,27?/m0/s1. The Kier molecular flexibility index (Phi) is 6.28. The van der Waals surface area contributed by atoms with E-state index in [1.165, 1.54) is 6.26 Å². The maximum Gasteiger partial charge on any atom is 0.340 e. The summed E-state index contributed by atoms with van der Waals surface area (Å²) in [6, 6.07) is 5.36. The van der Waals surface area contributed by atoms with Crippen LogP contribution in [0.3, 0.4) is 0 Å². The van der Waals surface area contributed by atoms with Crippen molar-refractivity contribution in [1.29, 1.82) is 0 Å². The first-order chi connectivity index (χ1) is 18.9. The summed E-state index contributed by atoms with van der Waals surface area (Å²) in [6.07, 6.45) is 6.84. The topological polar surface area (TPSA) is 156 Å². The number of fused-ring (bicyclic) bond motifs is 3. The average molecular weight is 568 g/mol. The van der Waals surface area contributed by atoms with Crippen molar-refractivity contribution in [1.82, 2.24) is 15.0 Å². The number of carbonyl (C=O) groups excluding carboxylic acids is 1. The molecule has 0 aromatic carbocycles. The summed E-state index contributed by atoms with van der Waals surface area (Å²) in [5, 5.41) is 4.32. The summed E-state index contributed by atoms with van der Waals surface area (Å²) in [4.78, 5) is 26.4. The van der Waals surface area contributed by atoms with Crippen molar-refractivity contribution < 1.29 is 27.4 Å². The minimum absolute atomic E-state index is 0.214. The van der Waals surface area contributed by atoms with Gasteiger partial charge in [-0.2, -0.15) is 0 Å². The van der Waals surface area contributed by atoms with E-state index in [-0.39, 0.29) is 30.2 Å². The van der Waals surface area contributed by atoms with E-state index in [1.54, 1.807) is 31.6 Å². The molecule has 2 fully saturated rings. The third-order valence-corrected chi connectivity index (χ3v) is 10.0. The molecule has 2 saturated carbocycles. The largest absolute Gasteiger partial charge is 0.474 e. The van der Waals surface area contributed by atoms with Crippen LogP contribution in [0.25, 0.3) is 10.8 Å². The van der Waals surface area contributed by atoms with Crippen molar-refractivity contribution in [2.75, 3.05) is 25.3 Å². The van der Waals surface area contributed by atoms with Crippen molar-refractivity contribution in [3.05, 3.63) is 47.4 Å². The number of nitrogens with zero attached hydrogens (tertiary/aromatic N) is 3. The molecular weight excluding hydrogens is 534 g/mol. The molecule has 4 heterocycles. The van der Waals surface area contributed by atoms with Gasteiger partial charge in [-0.15, -0.1) is 0 Å². The Balaban J connectivity index is 1.34. The van der Waals surface area contributed by atoms with Gasteiger partial charge in [-0.1, -0.05) is 0 Å². The number of methoxy groups -OCH3 is 1. The SMILES string of the molecule is COCC(C)(N)c1cnc(O[C@H]2C[C@@H](S(C)(=O)=O)C2)c2cnc(Nc3ccc4c(n3)C3(CC3)[C@H](C)OC4=O)cc12. The maximum absolute atomic E-state index is 12.4. The Labute approximate surface area is 232 Å². The molecule has 3 N–H and O–H groups in total. The monoisotopic (exact) mass is 567 g/mol. The molecule has 0 amide bonds. The number of aromatic nitrogens is 3. The van der Waals surface area contributed by atoms with Gasteiger partial charge in [0.2, 0.25) is 5.88 Å². The molecule has 0 saturated heterocycles. The van der Waals surface area contributed by atoms with Gasteiger partial charge in [0.15, 0.2) is 9.84 Å². The first kappa shape index (κ1) is 26.9. The number of ether oxygens (including phenoxy) is 3. The number of carbonyl (C=O) groups is 1. The van der Waals surface area contributed by atoms with Crippen LogP contribution in [0.4, 0.5) is 11.6 Å². The van der Waals surface area contributed by atoms with E-state index >= 15 is 0 Å². The third-order valence-electron chi connectivity index (χ3n) is 8.42. The second-order valence-corrected chi connectivity index (χ2v) is 13.9. The van der Waals surface area contributed by atoms with Crippen molar-refractivity contribution in [2.45, 2.75) is 67.9 Å². The highest BCUT2D eigenvalue weighted by atomic mass is 32.2. The highest BCUT2D eigenvalue weighted by molar-refractivity contribution is 7.91. The molecule has 3 aliphatic rings. The molecular formula is C28H33N5O6S. The number of nitrogens with two attached hydrogens (primary N) is 1. The minimum Gasteiger partial charge on any atom is -0.474 e. The van der Waals surface area contributed by atoms with E-state index in [0.717, 1.165) is 29.5 Å². The Bertz CT molecular complexity index is 1610. The van der Waals surface area contributed by atoms with E-state index in [1.807, 2.05) is 19.9 Å². The summed E-state index contributed by atoms with van der Waals surface area (Å²) in [7, 11) is -1.51. The third kappa shape index (κ3) is 4.57. The number of hydrogen-bond acceptors (Lipinski definition) is 11. The molecule has 6 rings (SSSR count). The Morgan fingerprint density at radius 3 is 2.60 bits per heavy atom. The molecule has 40 heavy (non-hydrogen) atoms. The highest BCUT2D eigenvalue weighted by Gasteiger charge is 2.56. The Morgan fingerprint density at radius 2 is 1.93 bits per heavy atom. The molecule has 1 aliphatic heterocycles. The van der Waals surface area contributed by atoms with Gasteiger partial charge in [-0.3, -0.25) is 0 Å². The van der Waals surface area contributed by atoms with E-state index in [9.17, 15) is 13.2 Å². The molecule has 11 nitrogen and oxygen atoms in total. The van der Waals surface area contributed by atoms with Crippen LogP contribution in [0.15, 0.2) is 30.6 Å². The van der Waals surface area contributed by atoms with Crippen LogP contribution in [0, 0.1) is 0 Å². The summed E-state index contributed by atoms with van der Waals surface area (Å²) < 4.78 is 40.7. The van der Waals surface area contributed by atoms with Crippen molar-refractivity contribution in [2.24, 2.45) is 5.73 Å². The van der Waals surface area contributed by atoms with E-state index < -0.39 is 20.6 Å². The quantitative estimate of drug-likeness (QED) is 0.386. The Hall–Kier alpha value is -3.35. The number of sulfone groups is 1. The van der Waals surface area contributed by atoms with Gasteiger partial charge < -0.3 is 25.3 Å². The number of hydrogen-bond donors (Lipinski definition) is 2. The predicted molar refractivity (Wildman–Crippen MR) is 149 cm³/mol. The van der Waals surface area contributed by atoms with Crippen molar-refractivity contribution in [3.8, 4) is 5.88 Å². The molecule has 2 aliphatic carbocycles. The lowest BCUT2D eigenvalue weighted by Gasteiger charge is -2.34. The van der Waals surface area contributed by atoms with Crippen LogP contribution in [-0.4, -0.2) is 66.8 Å². The van der Waals surface area contributed by atoms with Crippen molar-refractivity contribution >= 4 is 38.2 Å². The van der Waals surface area contributed by atoms with Crippen LogP contribution >= 0.6 is 0 Å². The molecule has 1 unspecified atom stereocenters. The summed E-state index contributed by atoms with van der Waals surface area (Å²) in [6.45, 7) is 4.05. The van der Waals surface area contributed by atoms with Gasteiger partial charge in [-0.25, -0.2) is 28.2 Å². The Morgan fingerprint density at radius 1 is 1.18 bits per heavy atom. The van der Waals surface area contributed by atoms with Gasteiger partial charge in [0, 0.05) is 44.2 Å². The molecule has 1 spiro atoms. The zero-order chi connectivity index (χ0) is 28.4. The van der Waals surface area contributed by atoms with Gasteiger partial charge in [0.1, 0.15) is 23.8 Å². The van der Waals surface area contributed by atoms with E-state index in [2.05, 4.69) is 15.3 Å². The van der Waals surface area contributed by atoms with Gasteiger partial charge in [0.05, 0.1) is 39.5 Å². The summed E-state index contributed by atoms with van der Waals surface area (Å²) in [5.41, 5.74) is 7.59. The lowest BCUT2D eigenvalue weighted by atomic mass is 9.89. The van der Waals surface area contributed by atoms with Crippen LogP contribution in [0.1, 0.15) is 61.1 Å². The number of rotatable bonds is 8. The van der Waals surface area contributed by atoms with Crippen LogP contribution in [0.2, 0.25) is 0 Å². The van der Waals surface area contributed by atoms with Crippen LogP contribution in [-0.2, 0) is 30.3 Å². The van der Waals surface area contributed by atoms with E-state index in [0.29, 0.717) is 41.3 Å². The molecule has 0 radical (unpaired) electrons. The lowest BCUT2D eigenvalue weighted by Crippen LogP contribution is -2.42. The van der Waals surface area contributed by atoms with E-state index in [4.69, 9.17) is 24.9 Å². The second-order valence-electron chi connectivity index (χ2n) is 11.5. The lowest BCUT2D eigenvalue weighted by molar-refractivity contribution is 0.0183. The molecule has 2 atom stereocenters. The summed E-state index contributed by atoms with van der Waals surface area (Å²) >= 11 is 0. The first-order valence-electron chi connectivity index (χ1n) is 13.3. The fraction of sp³-hybridized carbons (Fsp3) is 0.500. The van der Waals surface area contributed by atoms with Crippen LogP contribution < -0.4 is 15.8 Å². The van der Waals surface area contributed by atoms with Crippen LogP contribution in [0.5, 0.6) is 5.88 Å². The molecule has 3 aromatic rings. The number of esters is 1. The zero-order valence-electron chi connectivity index (χ0n) is 22.9. The smallest absolute Gasteiger partial charge is 0.340 e. The molecule has 212 valence electrons. The minimum atomic E-state index is -3.10. The highest BCUT2D eigenvalue weighted by Crippen LogP contribution is 2.54. The zero-order valence-corrected chi connectivity index (χ0v) is 23.7. The fourth-order valence-electron chi connectivity index (χ4n) is 5.74.